The minimum absolute atomic E-state index is 0.156. The molecule has 0 atom stereocenters. The van der Waals surface area contributed by atoms with Gasteiger partial charge in [-0.05, 0) is 98.8 Å². The van der Waals surface area contributed by atoms with E-state index in [9.17, 15) is 8.78 Å². The Morgan fingerprint density at radius 1 is 0.821 bits per heavy atom. The summed E-state index contributed by atoms with van der Waals surface area (Å²) in [4.78, 5) is 0. The summed E-state index contributed by atoms with van der Waals surface area (Å²) in [5.74, 6) is 1.52. The van der Waals surface area contributed by atoms with Crippen LogP contribution >= 0.6 is 0 Å². The second-order valence-electron chi connectivity index (χ2n) is 8.23. The standard InChI is InChI=1S/C25H29F2N/c26-24-16-14-23(15-17-24)22-12-10-21(11-13-22)9-8-20-6-4-19(5-7-20)2-1-3-25(27)18-28/h1-3,8-9,14-17,19-22H,4-7,10-13H2/t19-,20-,21-,22-. The third-order valence-corrected chi connectivity index (χ3v) is 6.32. The lowest BCUT2D eigenvalue weighted by Gasteiger charge is -2.28. The number of benzene rings is 1. The average Bonchev–Trinajstić information content (AvgIpc) is 2.74. The molecule has 0 spiro atoms. The van der Waals surface area contributed by atoms with Gasteiger partial charge in [0.15, 0.2) is 5.83 Å². The van der Waals surface area contributed by atoms with Gasteiger partial charge in [-0.15, -0.1) is 0 Å². The van der Waals surface area contributed by atoms with Crippen LogP contribution in [0.3, 0.4) is 0 Å². The van der Waals surface area contributed by atoms with Crippen LogP contribution < -0.4 is 0 Å². The number of hydrogen-bond acceptors (Lipinski definition) is 1. The minimum atomic E-state index is -0.734. The molecule has 0 N–H and O–H groups in total. The molecular weight excluding hydrogens is 352 g/mol. The highest BCUT2D eigenvalue weighted by atomic mass is 19.1. The Balaban J connectivity index is 1.39. The van der Waals surface area contributed by atoms with E-state index in [0.29, 0.717) is 23.7 Å². The molecule has 0 radical (unpaired) electrons. The predicted octanol–water partition coefficient (Wildman–Crippen LogP) is 7.40. The van der Waals surface area contributed by atoms with Gasteiger partial charge in [-0.3, -0.25) is 0 Å². The van der Waals surface area contributed by atoms with E-state index in [1.54, 1.807) is 18.2 Å². The molecule has 0 aliphatic heterocycles. The summed E-state index contributed by atoms with van der Waals surface area (Å²) in [5.41, 5.74) is 1.28. The van der Waals surface area contributed by atoms with Crippen LogP contribution in [0.5, 0.6) is 0 Å². The van der Waals surface area contributed by atoms with Gasteiger partial charge in [-0.1, -0.05) is 36.4 Å². The molecular formula is C25H29F2N. The average molecular weight is 382 g/mol. The van der Waals surface area contributed by atoms with Gasteiger partial charge in [0, 0.05) is 0 Å². The Bertz CT molecular complexity index is 738. The number of nitrogens with zero attached hydrogens (tertiary/aromatic N) is 1. The molecule has 0 unspecified atom stereocenters. The summed E-state index contributed by atoms with van der Waals surface area (Å²) in [5, 5.41) is 8.41. The number of rotatable bonds is 5. The topological polar surface area (TPSA) is 23.8 Å². The Labute approximate surface area is 167 Å². The summed E-state index contributed by atoms with van der Waals surface area (Å²) in [7, 11) is 0. The third kappa shape index (κ3) is 6.16. The van der Waals surface area contributed by atoms with Crippen LogP contribution in [0.4, 0.5) is 8.78 Å². The fourth-order valence-corrected chi connectivity index (χ4v) is 4.56. The summed E-state index contributed by atoms with van der Waals surface area (Å²) >= 11 is 0. The smallest absolute Gasteiger partial charge is 0.199 e. The van der Waals surface area contributed by atoms with Crippen LogP contribution in [0.2, 0.25) is 0 Å². The second kappa shape index (κ2) is 10.4. The lowest BCUT2D eigenvalue weighted by Crippen LogP contribution is -2.14. The van der Waals surface area contributed by atoms with Crippen LogP contribution in [0.15, 0.2) is 60.5 Å². The van der Waals surface area contributed by atoms with Crippen molar-refractivity contribution >= 4 is 0 Å². The van der Waals surface area contributed by atoms with Crippen LogP contribution in [-0.4, -0.2) is 0 Å². The minimum Gasteiger partial charge on any atom is -0.207 e. The number of nitriles is 1. The Hall–Kier alpha value is -2.21. The highest BCUT2D eigenvalue weighted by Gasteiger charge is 2.22. The van der Waals surface area contributed by atoms with E-state index in [-0.39, 0.29) is 5.82 Å². The molecule has 2 aliphatic carbocycles. The lowest BCUT2D eigenvalue weighted by molar-refractivity contribution is 0.348. The zero-order valence-electron chi connectivity index (χ0n) is 16.4. The summed E-state index contributed by atoms with van der Waals surface area (Å²) in [6, 6.07) is 8.51. The van der Waals surface area contributed by atoms with E-state index in [1.165, 1.54) is 56.2 Å². The molecule has 28 heavy (non-hydrogen) atoms. The first kappa shape index (κ1) is 20.5. The first-order valence-electron chi connectivity index (χ1n) is 10.5. The van der Waals surface area contributed by atoms with Crippen molar-refractivity contribution in [2.45, 2.75) is 57.3 Å². The Kier molecular flexibility index (Phi) is 7.60. The fourth-order valence-electron chi connectivity index (χ4n) is 4.56. The van der Waals surface area contributed by atoms with Gasteiger partial charge in [-0.2, -0.15) is 9.65 Å². The van der Waals surface area contributed by atoms with Crippen molar-refractivity contribution in [3.63, 3.8) is 0 Å². The second-order valence-corrected chi connectivity index (χ2v) is 8.23. The van der Waals surface area contributed by atoms with E-state index >= 15 is 0 Å². The molecule has 0 aromatic heterocycles. The maximum absolute atomic E-state index is 13.1. The molecule has 2 aliphatic rings. The molecule has 0 amide bonds. The quantitative estimate of drug-likeness (QED) is 0.296. The van der Waals surface area contributed by atoms with E-state index in [1.807, 2.05) is 18.2 Å². The molecule has 0 bridgehead atoms. The molecule has 1 aromatic rings. The molecule has 3 heteroatoms. The van der Waals surface area contributed by atoms with Gasteiger partial charge in [0.2, 0.25) is 0 Å². The summed E-state index contributed by atoms with van der Waals surface area (Å²) < 4.78 is 25.9. The number of halogens is 2. The van der Waals surface area contributed by atoms with Crippen LogP contribution in [0.25, 0.3) is 0 Å². The monoisotopic (exact) mass is 381 g/mol. The van der Waals surface area contributed by atoms with Gasteiger partial charge in [0.1, 0.15) is 11.9 Å². The highest BCUT2D eigenvalue weighted by molar-refractivity contribution is 5.21. The van der Waals surface area contributed by atoms with E-state index in [2.05, 4.69) is 12.2 Å². The molecule has 3 rings (SSSR count). The van der Waals surface area contributed by atoms with Crippen LogP contribution in [-0.2, 0) is 0 Å². The van der Waals surface area contributed by atoms with Crippen molar-refractivity contribution in [3.05, 3.63) is 71.9 Å². The van der Waals surface area contributed by atoms with Gasteiger partial charge in [0.05, 0.1) is 0 Å². The van der Waals surface area contributed by atoms with Crippen LogP contribution in [0.1, 0.15) is 62.8 Å². The van der Waals surface area contributed by atoms with Gasteiger partial charge >= 0.3 is 0 Å². The molecule has 0 heterocycles. The van der Waals surface area contributed by atoms with E-state index in [0.717, 1.165) is 12.8 Å². The third-order valence-electron chi connectivity index (χ3n) is 6.32. The van der Waals surface area contributed by atoms with Crippen molar-refractivity contribution < 1.29 is 8.78 Å². The summed E-state index contributed by atoms with van der Waals surface area (Å²) in [6.07, 6.45) is 19.2. The van der Waals surface area contributed by atoms with Crippen LogP contribution in [0, 0.1) is 34.9 Å². The zero-order chi connectivity index (χ0) is 19.8. The van der Waals surface area contributed by atoms with E-state index < -0.39 is 5.83 Å². The van der Waals surface area contributed by atoms with Gasteiger partial charge in [0.25, 0.3) is 0 Å². The van der Waals surface area contributed by atoms with Crippen molar-refractivity contribution in [2.75, 3.05) is 0 Å². The SMILES string of the molecule is N#CC(F)=CC=C[C@H]1CC[C@H](C=C[C@H]2CC[C@H](c3ccc(F)cc3)CC2)CC1. The molecule has 2 fully saturated rings. The van der Waals surface area contributed by atoms with Crippen molar-refractivity contribution in [1.82, 2.24) is 0 Å². The van der Waals surface area contributed by atoms with Crippen molar-refractivity contribution in [1.29, 1.82) is 5.26 Å². The number of hydrogen-bond donors (Lipinski definition) is 0. The predicted molar refractivity (Wildman–Crippen MR) is 110 cm³/mol. The fraction of sp³-hybridized carbons (Fsp3) is 0.480. The highest BCUT2D eigenvalue weighted by Crippen LogP contribution is 2.37. The largest absolute Gasteiger partial charge is 0.207 e. The normalized spacial score (nSPS) is 29.2. The van der Waals surface area contributed by atoms with Crippen molar-refractivity contribution in [2.24, 2.45) is 17.8 Å². The molecule has 2 saturated carbocycles. The molecule has 148 valence electrons. The molecule has 1 nitrogen and oxygen atoms in total. The molecule has 0 saturated heterocycles. The molecule has 1 aromatic carbocycles. The Morgan fingerprint density at radius 2 is 1.32 bits per heavy atom. The van der Waals surface area contributed by atoms with Crippen molar-refractivity contribution in [3.8, 4) is 6.07 Å². The maximum atomic E-state index is 13.1. The Morgan fingerprint density at radius 3 is 1.86 bits per heavy atom. The number of allylic oxidation sites excluding steroid dienone is 6. The van der Waals surface area contributed by atoms with E-state index in [4.69, 9.17) is 5.26 Å². The lowest BCUT2D eigenvalue weighted by atomic mass is 9.77. The summed E-state index contributed by atoms with van der Waals surface area (Å²) in [6.45, 7) is 0. The zero-order valence-corrected chi connectivity index (χ0v) is 16.4. The van der Waals surface area contributed by atoms with Gasteiger partial charge < -0.3 is 0 Å². The first-order chi connectivity index (χ1) is 13.6. The first-order valence-corrected chi connectivity index (χ1v) is 10.5. The maximum Gasteiger partial charge on any atom is 0.199 e. The van der Waals surface area contributed by atoms with Gasteiger partial charge in [-0.25, -0.2) is 4.39 Å².